The molecule has 3 aromatic rings. The minimum absolute atomic E-state index is 0.0637. The molecular weight excluding hydrogens is 490 g/mol. The number of anilines is 2. The lowest BCUT2D eigenvalue weighted by molar-refractivity contribution is 0.0601. The van der Waals surface area contributed by atoms with E-state index in [1.165, 1.54) is 0 Å². The van der Waals surface area contributed by atoms with E-state index in [4.69, 9.17) is 32.2 Å². The SMILES string of the molecule is CN1CCCCOc2ccc(Cl)cc2C(=O)N2CCCCC2c2cc3nc(N4CC[C@H](N)C4)cc1n3n2. The Hall–Kier alpha value is -3.04. The zero-order valence-corrected chi connectivity index (χ0v) is 22.0. The second kappa shape index (κ2) is 10.0. The standard InChI is InChI=1S/C27H34ClN7O2/c1-32-10-4-5-13-37-23-8-7-18(28)14-20(23)27(36)34-11-3-2-6-22(34)21-15-25-30-24(16-26(32)35(25)31-21)33-12-9-19(29)17-33/h7-8,14-16,19,22H,2-6,9-13,17,29H2,1H3/t19-,22?/m0/s1. The van der Waals surface area contributed by atoms with E-state index in [0.29, 0.717) is 29.5 Å². The van der Waals surface area contributed by atoms with Crippen molar-refractivity contribution in [2.24, 2.45) is 5.73 Å². The molecule has 0 radical (unpaired) electrons. The van der Waals surface area contributed by atoms with E-state index in [-0.39, 0.29) is 18.0 Å². The lowest BCUT2D eigenvalue weighted by Gasteiger charge is -2.35. The average molecular weight is 524 g/mol. The van der Waals surface area contributed by atoms with Crippen molar-refractivity contribution in [2.75, 3.05) is 49.6 Å². The summed E-state index contributed by atoms with van der Waals surface area (Å²) in [6, 6.07) is 9.53. The molecule has 1 unspecified atom stereocenters. The number of benzene rings is 1. The number of amides is 1. The molecule has 0 aliphatic carbocycles. The number of piperidine rings is 1. The molecule has 9 nitrogen and oxygen atoms in total. The number of halogens is 1. The summed E-state index contributed by atoms with van der Waals surface area (Å²) in [6.45, 7) is 3.75. The molecule has 3 aliphatic rings. The second-order valence-electron chi connectivity index (χ2n) is 10.4. The fourth-order valence-electron chi connectivity index (χ4n) is 5.74. The van der Waals surface area contributed by atoms with Crippen LogP contribution in [0.5, 0.6) is 5.75 Å². The Morgan fingerprint density at radius 2 is 1.92 bits per heavy atom. The van der Waals surface area contributed by atoms with Crippen LogP contribution in [0.2, 0.25) is 5.02 Å². The van der Waals surface area contributed by atoms with Crippen LogP contribution in [-0.2, 0) is 0 Å². The Kier molecular flexibility index (Phi) is 6.58. The van der Waals surface area contributed by atoms with Crippen molar-refractivity contribution in [1.29, 1.82) is 0 Å². The first kappa shape index (κ1) is 24.3. The fraction of sp³-hybridized carbons (Fsp3) is 0.519. The Labute approximate surface area is 222 Å². The molecule has 3 aliphatic heterocycles. The summed E-state index contributed by atoms with van der Waals surface area (Å²) in [7, 11) is 2.10. The van der Waals surface area contributed by atoms with Crippen LogP contribution in [0.1, 0.15) is 60.6 Å². The minimum Gasteiger partial charge on any atom is -0.493 e. The van der Waals surface area contributed by atoms with E-state index in [1.54, 1.807) is 12.1 Å². The Bertz CT molecular complexity index is 1310. The minimum atomic E-state index is -0.137. The van der Waals surface area contributed by atoms with Gasteiger partial charge in [-0.1, -0.05) is 11.6 Å². The molecule has 2 bridgehead atoms. The number of carbonyl (C=O) groups is 1. The number of nitrogens with two attached hydrogens (primary N) is 1. The van der Waals surface area contributed by atoms with Gasteiger partial charge in [-0.15, -0.1) is 0 Å². The van der Waals surface area contributed by atoms with Gasteiger partial charge < -0.3 is 25.2 Å². The highest BCUT2D eigenvalue weighted by Gasteiger charge is 2.33. The Balaban J connectivity index is 1.46. The molecular formula is C27H34ClN7O2. The molecule has 5 heterocycles. The molecule has 196 valence electrons. The molecule has 0 spiro atoms. The third-order valence-electron chi connectivity index (χ3n) is 7.78. The first-order valence-electron chi connectivity index (χ1n) is 13.3. The first-order valence-corrected chi connectivity index (χ1v) is 13.7. The normalized spacial score (nSPS) is 23.0. The van der Waals surface area contributed by atoms with Gasteiger partial charge in [0.1, 0.15) is 17.4 Å². The summed E-state index contributed by atoms with van der Waals surface area (Å²) >= 11 is 6.32. The number of fused-ring (bicyclic) bond motifs is 4. The van der Waals surface area contributed by atoms with E-state index in [2.05, 4.69) is 22.9 Å². The van der Waals surface area contributed by atoms with Crippen molar-refractivity contribution in [3.8, 4) is 5.75 Å². The number of ether oxygens (including phenoxy) is 1. The summed E-state index contributed by atoms with van der Waals surface area (Å²) in [6.07, 6.45) is 5.61. The van der Waals surface area contributed by atoms with E-state index < -0.39 is 0 Å². The highest BCUT2D eigenvalue weighted by atomic mass is 35.5. The molecule has 37 heavy (non-hydrogen) atoms. The van der Waals surface area contributed by atoms with Crippen molar-refractivity contribution in [3.05, 3.63) is 46.6 Å². The molecule has 6 rings (SSSR count). The van der Waals surface area contributed by atoms with Gasteiger partial charge in [0.25, 0.3) is 5.91 Å². The van der Waals surface area contributed by atoms with Gasteiger partial charge >= 0.3 is 0 Å². The van der Waals surface area contributed by atoms with Crippen LogP contribution in [0.25, 0.3) is 5.65 Å². The summed E-state index contributed by atoms with van der Waals surface area (Å²) in [5.74, 6) is 2.45. The molecule has 0 saturated carbocycles. The zero-order valence-electron chi connectivity index (χ0n) is 21.3. The molecule has 2 aromatic heterocycles. The zero-order chi connectivity index (χ0) is 25.5. The maximum absolute atomic E-state index is 13.9. The van der Waals surface area contributed by atoms with Gasteiger partial charge in [-0.05, 0) is 56.7 Å². The summed E-state index contributed by atoms with van der Waals surface area (Å²) in [4.78, 5) is 25.3. The molecule has 2 fully saturated rings. The van der Waals surface area contributed by atoms with Gasteiger partial charge in [0.2, 0.25) is 0 Å². The van der Waals surface area contributed by atoms with Gasteiger partial charge in [-0.25, -0.2) is 4.98 Å². The monoisotopic (exact) mass is 523 g/mol. The number of hydrogen-bond acceptors (Lipinski definition) is 7. The van der Waals surface area contributed by atoms with Crippen LogP contribution in [0, 0.1) is 0 Å². The van der Waals surface area contributed by atoms with E-state index >= 15 is 0 Å². The predicted molar refractivity (Wildman–Crippen MR) is 145 cm³/mol. The van der Waals surface area contributed by atoms with Crippen molar-refractivity contribution < 1.29 is 9.53 Å². The van der Waals surface area contributed by atoms with Gasteiger partial charge in [0.05, 0.1) is 23.9 Å². The van der Waals surface area contributed by atoms with Gasteiger partial charge in [0.15, 0.2) is 5.65 Å². The van der Waals surface area contributed by atoms with Gasteiger partial charge in [-0.2, -0.15) is 9.61 Å². The van der Waals surface area contributed by atoms with E-state index in [1.807, 2.05) is 21.5 Å². The summed E-state index contributed by atoms with van der Waals surface area (Å²) in [5, 5.41) is 5.58. The highest BCUT2D eigenvalue weighted by molar-refractivity contribution is 6.31. The van der Waals surface area contributed by atoms with Crippen molar-refractivity contribution in [3.63, 3.8) is 0 Å². The maximum atomic E-state index is 13.9. The van der Waals surface area contributed by atoms with Gasteiger partial charge in [-0.3, -0.25) is 4.79 Å². The number of rotatable bonds is 1. The van der Waals surface area contributed by atoms with Crippen LogP contribution in [0.3, 0.4) is 0 Å². The molecule has 1 aromatic carbocycles. The highest BCUT2D eigenvalue weighted by Crippen LogP contribution is 2.35. The average Bonchev–Trinajstić information content (AvgIpc) is 3.53. The summed E-state index contributed by atoms with van der Waals surface area (Å²) in [5.41, 5.74) is 8.39. The van der Waals surface area contributed by atoms with Crippen molar-refractivity contribution in [1.82, 2.24) is 19.5 Å². The van der Waals surface area contributed by atoms with Crippen molar-refractivity contribution in [2.45, 2.75) is 50.6 Å². The van der Waals surface area contributed by atoms with Crippen LogP contribution < -0.4 is 20.3 Å². The van der Waals surface area contributed by atoms with Crippen LogP contribution in [-0.4, -0.2) is 71.3 Å². The van der Waals surface area contributed by atoms with Crippen molar-refractivity contribution >= 4 is 34.8 Å². The molecule has 2 saturated heterocycles. The predicted octanol–water partition coefficient (Wildman–Crippen LogP) is 3.90. The molecule has 10 heteroatoms. The maximum Gasteiger partial charge on any atom is 0.258 e. The quantitative estimate of drug-likeness (QED) is 0.517. The topological polar surface area (TPSA) is 92.2 Å². The Morgan fingerprint density at radius 1 is 1.05 bits per heavy atom. The largest absolute Gasteiger partial charge is 0.493 e. The Morgan fingerprint density at radius 3 is 2.76 bits per heavy atom. The molecule has 2 atom stereocenters. The lowest BCUT2D eigenvalue weighted by Crippen LogP contribution is -2.39. The smallest absolute Gasteiger partial charge is 0.258 e. The molecule has 2 N–H and O–H groups in total. The van der Waals surface area contributed by atoms with Crippen LogP contribution in [0.4, 0.5) is 11.6 Å². The number of carbonyl (C=O) groups excluding carboxylic acids is 1. The number of aromatic nitrogens is 3. The fourth-order valence-corrected chi connectivity index (χ4v) is 5.91. The van der Waals surface area contributed by atoms with Gasteiger partial charge in [0, 0.05) is 56.4 Å². The van der Waals surface area contributed by atoms with Crippen LogP contribution in [0.15, 0.2) is 30.3 Å². The van der Waals surface area contributed by atoms with Crippen LogP contribution >= 0.6 is 11.6 Å². The number of nitrogens with zero attached hydrogens (tertiary/aromatic N) is 6. The second-order valence-corrected chi connectivity index (χ2v) is 10.9. The third kappa shape index (κ3) is 4.70. The lowest BCUT2D eigenvalue weighted by atomic mass is 9.98. The number of hydrogen-bond donors (Lipinski definition) is 1. The molecule has 1 amide bonds. The van der Waals surface area contributed by atoms with E-state index in [9.17, 15) is 4.79 Å². The summed E-state index contributed by atoms with van der Waals surface area (Å²) < 4.78 is 8.05. The first-order chi connectivity index (χ1) is 18.0. The third-order valence-corrected chi connectivity index (χ3v) is 8.01. The van der Waals surface area contributed by atoms with E-state index in [0.717, 1.165) is 81.1 Å².